The maximum Gasteiger partial charge on any atom is 0.309 e. The van der Waals surface area contributed by atoms with Crippen LogP contribution in [0.3, 0.4) is 0 Å². The molecule has 1 amide bonds. The lowest BCUT2D eigenvalue weighted by atomic mass is 10.2. The highest BCUT2D eigenvalue weighted by molar-refractivity contribution is 7.89. The number of nitrogens with zero attached hydrogens (tertiary/aromatic N) is 3. The maximum atomic E-state index is 13.6. The summed E-state index contributed by atoms with van der Waals surface area (Å²) in [6, 6.07) is 23.3. The van der Waals surface area contributed by atoms with Crippen LogP contribution in [0.5, 0.6) is 0 Å². The summed E-state index contributed by atoms with van der Waals surface area (Å²) in [6.07, 6.45) is 2.88. The number of rotatable bonds is 10. The average Bonchev–Trinajstić information content (AvgIpc) is 2.93. The van der Waals surface area contributed by atoms with E-state index in [2.05, 4.69) is 14.7 Å². The van der Waals surface area contributed by atoms with Crippen molar-refractivity contribution >= 4 is 39.0 Å². The SMILES string of the molecule is CCOC(=O)C[C@H](NS(=O)(=O)c1ccccc1)N(C=Cc1ccc2cccnc2n1)C(=O)c1ccccc1. The number of ether oxygens (including phenoxy) is 1. The number of hydrogen-bond donors (Lipinski definition) is 1. The summed E-state index contributed by atoms with van der Waals surface area (Å²) in [7, 11) is -4.10. The molecule has 0 radical (unpaired) electrons. The zero-order valence-electron chi connectivity index (χ0n) is 20.6. The van der Waals surface area contributed by atoms with Gasteiger partial charge in [0.2, 0.25) is 10.0 Å². The van der Waals surface area contributed by atoms with Gasteiger partial charge in [0, 0.05) is 23.3 Å². The van der Waals surface area contributed by atoms with Crippen molar-refractivity contribution in [2.75, 3.05) is 6.61 Å². The summed E-state index contributed by atoms with van der Waals surface area (Å²) in [6.45, 7) is 1.75. The van der Waals surface area contributed by atoms with E-state index in [9.17, 15) is 18.0 Å². The first-order valence-electron chi connectivity index (χ1n) is 11.9. The van der Waals surface area contributed by atoms with Gasteiger partial charge in [0.1, 0.15) is 6.17 Å². The maximum absolute atomic E-state index is 13.6. The number of carbonyl (C=O) groups excluding carboxylic acids is 2. The second kappa shape index (κ2) is 12.2. The third-order valence-corrected chi connectivity index (χ3v) is 6.97. The van der Waals surface area contributed by atoms with Crippen molar-refractivity contribution in [3.05, 3.63) is 109 Å². The molecular weight excluding hydrogens is 504 g/mol. The van der Waals surface area contributed by atoms with Crippen LogP contribution < -0.4 is 4.72 Å². The quantitative estimate of drug-likeness (QED) is 0.243. The first-order chi connectivity index (χ1) is 18.4. The van der Waals surface area contributed by atoms with Gasteiger partial charge in [0.05, 0.1) is 23.6 Å². The Labute approximate surface area is 220 Å². The second-order valence-electron chi connectivity index (χ2n) is 8.14. The van der Waals surface area contributed by atoms with E-state index >= 15 is 0 Å². The lowest BCUT2D eigenvalue weighted by Crippen LogP contribution is -2.49. The van der Waals surface area contributed by atoms with Crippen LogP contribution in [-0.2, 0) is 19.6 Å². The molecule has 194 valence electrons. The highest BCUT2D eigenvalue weighted by atomic mass is 32.2. The molecule has 4 aromatic rings. The Kier molecular flexibility index (Phi) is 8.57. The van der Waals surface area contributed by atoms with Gasteiger partial charge in [0.25, 0.3) is 5.91 Å². The normalized spacial score (nSPS) is 12.3. The number of pyridine rings is 2. The molecule has 0 fully saturated rings. The fourth-order valence-corrected chi connectivity index (χ4v) is 4.89. The van der Waals surface area contributed by atoms with Crippen LogP contribution >= 0.6 is 0 Å². The Morgan fingerprint density at radius 1 is 0.974 bits per heavy atom. The molecule has 0 saturated heterocycles. The third-order valence-electron chi connectivity index (χ3n) is 5.49. The van der Waals surface area contributed by atoms with Crippen LogP contribution in [0, 0.1) is 0 Å². The molecule has 10 heteroatoms. The van der Waals surface area contributed by atoms with Crippen LogP contribution in [-0.4, -0.2) is 47.9 Å². The van der Waals surface area contributed by atoms with Gasteiger partial charge in [-0.15, -0.1) is 0 Å². The number of sulfonamides is 1. The predicted molar refractivity (Wildman–Crippen MR) is 143 cm³/mol. The minimum Gasteiger partial charge on any atom is -0.466 e. The lowest BCUT2D eigenvalue weighted by molar-refractivity contribution is -0.144. The molecule has 0 aliphatic heterocycles. The van der Waals surface area contributed by atoms with Crippen molar-refractivity contribution in [3.63, 3.8) is 0 Å². The molecule has 0 aliphatic carbocycles. The summed E-state index contributed by atoms with van der Waals surface area (Å²) < 4.78 is 34.0. The van der Waals surface area contributed by atoms with Crippen LogP contribution in [0.4, 0.5) is 0 Å². The molecule has 2 heterocycles. The van der Waals surface area contributed by atoms with E-state index in [0.29, 0.717) is 16.9 Å². The van der Waals surface area contributed by atoms with Crippen molar-refractivity contribution in [1.82, 2.24) is 19.6 Å². The minimum absolute atomic E-state index is 0.00720. The molecule has 2 aromatic heterocycles. The van der Waals surface area contributed by atoms with Gasteiger partial charge in [-0.25, -0.2) is 18.4 Å². The number of fused-ring (bicyclic) bond motifs is 1. The fourth-order valence-electron chi connectivity index (χ4n) is 3.68. The van der Waals surface area contributed by atoms with E-state index in [1.54, 1.807) is 79.9 Å². The molecule has 2 aromatic carbocycles. The summed E-state index contributed by atoms with van der Waals surface area (Å²) in [5.74, 6) is -1.19. The number of carbonyl (C=O) groups is 2. The third kappa shape index (κ3) is 6.67. The number of nitrogens with one attached hydrogen (secondary N) is 1. The predicted octanol–water partition coefficient (Wildman–Crippen LogP) is 4.00. The van der Waals surface area contributed by atoms with E-state index in [4.69, 9.17) is 4.74 Å². The van der Waals surface area contributed by atoms with Gasteiger partial charge >= 0.3 is 5.97 Å². The number of benzene rings is 2. The summed E-state index contributed by atoms with van der Waals surface area (Å²) in [4.78, 5) is 36.0. The van der Waals surface area contributed by atoms with Gasteiger partial charge in [-0.1, -0.05) is 36.4 Å². The molecule has 0 aliphatic rings. The summed E-state index contributed by atoms with van der Waals surface area (Å²) >= 11 is 0. The number of amides is 1. The topological polar surface area (TPSA) is 119 Å². The molecule has 1 atom stereocenters. The minimum atomic E-state index is -4.10. The largest absolute Gasteiger partial charge is 0.466 e. The highest BCUT2D eigenvalue weighted by Crippen LogP contribution is 2.17. The zero-order chi connectivity index (χ0) is 27.0. The molecule has 1 N–H and O–H groups in total. The first-order valence-corrected chi connectivity index (χ1v) is 13.4. The Hall–Kier alpha value is -4.41. The van der Waals surface area contributed by atoms with Crippen molar-refractivity contribution < 1.29 is 22.7 Å². The molecule has 9 nitrogen and oxygen atoms in total. The van der Waals surface area contributed by atoms with Crippen LogP contribution in [0.15, 0.2) is 102 Å². The summed E-state index contributed by atoms with van der Waals surface area (Å²) in [5.41, 5.74) is 1.31. The first kappa shape index (κ1) is 26.6. The smallest absolute Gasteiger partial charge is 0.309 e. The second-order valence-corrected chi connectivity index (χ2v) is 9.85. The van der Waals surface area contributed by atoms with E-state index in [1.165, 1.54) is 18.3 Å². The van der Waals surface area contributed by atoms with Crippen LogP contribution in [0.25, 0.3) is 17.1 Å². The standard InChI is InChI=1S/C28H26N4O5S/c1-2-37-26(33)20-25(31-38(35,36)24-13-7-4-8-14-24)32(28(34)22-10-5-3-6-11-22)19-17-23-16-15-21-12-9-18-29-27(21)30-23/h3-19,25,31H,2,20H2,1H3/t25-/m1/s1. The Morgan fingerprint density at radius 2 is 1.68 bits per heavy atom. The monoisotopic (exact) mass is 530 g/mol. The number of esters is 1. The van der Waals surface area contributed by atoms with Gasteiger partial charge in [-0.2, -0.15) is 4.72 Å². The Morgan fingerprint density at radius 3 is 2.39 bits per heavy atom. The molecule has 38 heavy (non-hydrogen) atoms. The Bertz CT molecular complexity index is 1540. The molecular formula is C28H26N4O5S. The Balaban J connectivity index is 1.75. The van der Waals surface area contributed by atoms with Gasteiger partial charge in [0.15, 0.2) is 5.65 Å². The van der Waals surface area contributed by atoms with E-state index in [-0.39, 0.29) is 11.5 Å². The number of aromatic nitrogens is 2. The molecule has 0 saturated carbocycles. The molecule has 0 spiro atoms. The van der Waals surface area contributed by atoms with Crippen molar-refractivity contribution in [3.8, 4) is 0 Å². The van der Waals surface area contributed by atoms with Crippen molar-refractivity contribution in [2.45, 2.75) is 24.4 Å². The fraction of sp³-hybridized carbons (Fsp3) is 0.143. The molecule has 4 rings (SSSR count). The van der Waals surface area contributed by atoms with Gasteiger partial charge < -0.3 is 4.74 Å². The van der Waals surface area contributed by atoms with E-state index in [0.717, 1.165) is 10.3 Å². The van der Waals surface area contributed by atoms with E-state index in [1.807, 2.05) is 12.1 Å². The average molecular weight is 531 g/mol. The van der Waals surface area contributed by atoms with Gasteiger partial charge in [-0.3, -0.25) is 14.5 Å². The van der Waals surface area contributed by atoms with Crippen molar-refractivity contribution in [2.24, 2.45) is 0 Å². The van der Waals surface area contributed by atoms with E-state index < -0.39 is 34.5 Å². The van der Waals surface area contributed by atoms with Crippen LogP contribution in [0.2, 0.25) is 0 Å². The van der Waals surface area contributed by atoms with Crippen LogP contribution in [0.1, 0.15) is 29.4 Å². The lowest BCUT2D eigenvalue weighted by Gasteiger charge is -2.29. The highest BCUT2D eigenvalue weighted by Gasteiger charge is 2.30. The van der Waals surface area contributed by atoms with Gasteiger partial charge in [-0.05, 0) is 61.5 Å². The summed E-state index contributed by atoms with van der Waals surface area (Å²) in [5, 5.41) is 0.845. The van der Waals surface area contributed by atoms with Crippen molar-refractivity contribution in [1.29, 1.82) is 0 Å². The molecule has 0 bridgehead atoms. The molecule has 0 unspecified atom stereocenters. The zero-order valence-corrected chi connectivity index (χ0v) is 21.4. The number of hydrogen-bond acceptors (Lipinski definition) is 7.